The minimum atomic E-state index is -1.08. The molecular formula is C36H36Cl2N2O4S. The van der Waals surface area contributed by atoms with Crippen LogP contribution in [0.2, 0.25) is 10.0 Å². The predicted octanol–water partition coefficient (Wildman–Crippen LogP) is 10.0. The van der Waals surface area contributed by atoms with Crippen LogP contribution in [0.5, 0.6) is 5.75 Å². The summed E-state index contributed by atoms with van der Waals surface area (Å²) in [5.74, 6) is 1.25. The molecule has 4 aromatic carbocycles. The van der Waals surface area contributed by atoms with Gasteiger partial charge in [-0.3, -0.25) is 4.79 Å². The van der Waals surface area contributed by atoms with E-state index in [1.165, 1.54) is 0 Å². The van der Waals surface area contributed by atoms with Crippen LogP contribution in [0.4, 0.5) is 0 Å². The molecule has 0 fully saturated rings. The second kappa shape index (κ2) is 16.2. The molecule has 9 heteroatoms. The summed E-state index contributed by atoms with van der Waals surface area (Å²) in [6.45, 7) is 2.13. The number of ether oxygens (including phenoxy) is 1. The number of oxazole rings is 1. The first-order chi connectivity index (χ1) is 21.9. The monoisotopic (exact) mass is 662 g/mol. The van der Waals surface area contributed by atoms with Crippen molar-refractivity contribution in [1.29, 1.82) is 0 Å². The molecular weight excluding hydrogens is 627 g/mol. The number of nitrogens with zero attached hydrogens (tertiary/aromatic N) is 1. The highest BCUT2D eigenvalue weighted by atomic mass is 35.5. The average molecular weight is 664 g/mol. The van der Waals surface area contributed by atoms with Gasteiger partial charge in [0.25, 0.3) is 11.1 Å². The minimum Gasteiger partial charge on any atom is -0.464 e. The molecule has 5 aromatic rings. The molecule has 234 valence electrons. The number of rotatable bonds is 15. The van der Waals surface area contributed by atoms with Crippen molar-refractivity contribution in [2.24, 2.45) is 0 Å². The fraction of sp³-hybridized carbons (Fsp3) is 0.278. The number of amides is 1. The summed E-state index contributed by atoms with van der Waals surface area (Å²) in [7, 11) is 0. The lowest BCUT2D eigenvalue weighted by Crippen LogP contribution is -2.24. The van der Waals surface area contributed by atoms with E-state index in [1.54, 1.807) is 43.0 Å². The normalized spacial score (nSPS) is 11.9. The van der Waals surface area contributed by atoms with Crippen LogP contribution in [-0.2, 0) is 0 Å². The summed E-state index contributed by atoms with van der Waals surface area (Å²) in [6.07, 6.45) is 5.40. The smallest absolute Gasteiger partial charge is 0.256 e. The molecule has 0 aliphatic rings. The molecule has 1 aromatic heterocycles. The number of thioether (sulfide) groups is 1. The van der Waals surface area contributed by atoms with E-state index in [1.807, 2.05) is 60.7 Å². The van der Waals surface area contributed by atoms with E-state index in [4.69, 9.17) is 32.4 Å². The average Bonchev–Trinajstić information content (AvgIpc) is 3.44. The van der Waals surface area contributed by atoms with Crippen LogP contribution in [0.25, 0.3) is 33.4 Å². The summed E-state index contributed by atoms with van der Waals surface area (Å²) in [6, 6.07) is 26.1. The molecule has 0 aliphatic carbocycles. The molecule has 5 rings (SSSR count). The zero-order chi connectivity index (χ0) is 31.6. The fourth-order valence-corrected chi connectivity index (χ4v) is 6.32. The number of benzene rings is 4. The molecule has 0 bridgehead atoms. The summed E-state index contributed by atoms with van der Waals surface area (Å²) < 4.78 is 11.7. The van der Waals surface area contributed by atoms with Crippen molar-refractivity contribution in [3.05, 3.63) is 101 Å². The van der Waals surface area contributed by atoms with E-state index in [-0.39, 0.29) is 5.91 Å². The third kappa shape index (κ3) is 9.27. The number of unbranched alkanes of at least 4 members (excludes halogenated alkanes) is 5. The summed E-state index contributed by atoms with van der Waals surface area (Å²) in [4.78, 5) is 17.9. The standard InChI is InChI=1S/C36H36Cl2N2O4S/c1-24(41)43-34-30(25-12-10-14-28(37)20-25)22-27(23-31(34)26-13-11-15-29(38)21-26)35(42)39-18-8-4-2-3-5-9-19-45-36-40-32-16-6-7-17-33(32)44-36/h6-7,10-17,20-24,41H,2-5,8-9,18-19H2,1H3,(H,39,42). The number of hydrogen-bond donors (Lipinski definition) is 2. The highest BCUT2D eigenvalue weighted by Gasteiger charge is 2.20. The van der Waals surface area contributed by atoms with E-state index in [0.29, 0.717) is 39.0 Å². The zero-order valence-corrected chi connectivity index (χ0v) is 27.4. The molecule has 1 heterocycles. The Morgan fingerprint density at radius 2 is 1.49 bits per heavy atom. The van der Waals surface area contributed by atoms with E-state index in [9.17, 15) is 9.90 Å². The van der Waals surface area contributed by atoms with Crippen LogP contribution in [0.3, 0.4) is 0 Å². The van der Waals surface area contributed by atoms with Crippen LogP contribution >= 0.6 is 35.0 Å². The zero-order valence-electron chi connectivity index (χ0n) is 25.1. The highest BCUT2D eigenvalue weighted by molar-refractivity contribution is 7.99. The number of aliphatic hydroxyl groups is 1. The summed E-state index contributed by atoms with van der Waals surface area (Å²) >= 11 is 14.3. The molecule has 0 radical (unpaired) electrons. The Labute approximate surface area is 278 Å². The molecule has 0 saturated heterocycles. The van der Waals surface area contributed by atoms with Gasteiger partial charge in [-0.15, -0.1) is 0 Å². The van der Waals surface area contributed by atoms with Gasteiger partial charge in [0, 0.05) is 39.0 Å². The van der Waals surface area contributed by atoms with Crippen molar-refractivity contribution >= 4 is 52.0 Å². The molecule has 45 heavy (non-hydrogen) atoms. The third-order valence-corrected chi connectivity index (χ3v) is 8.65. The Balaban J connectivity index is 1.16. The Hall–Kier alpha value is -3.49. The third-order valence-electron chi connectivity index (χ3n) is 7.27. The first-order valence-corrected chi connectivity index (χ1v) is 16.9. The maximum absolute atomic E-state index is 13.4. The largest absolute Gasteiger partial charge is 0.464 e. The SMILES string of the molecule is CC(O)Oc1c(-c2cccc(Cl)c2)cc(C(=O)NCCCCCCCCSc2nc3ccccc3o2)cc1-c1cccc(Cl)c1. The molecule has 1 amide bonds. The summed E-state index contributed by atoms with van der Waals surface area (Å²) in [5.41, 5.74) is 5.04. The Bertz CT molecular complexity index is 1640. The topological polar surface area (TPSA) is 84.6 Å². The Morgan fingerprint density at radius 1 is 0.867 bits per heavy atom. The van der Waals surface area contributed by atoms with Crippen LogP contribution in [0.1, 0.15) is 55.8 Å². The number of fused-ring (bicyclic) bond motifs is 1. The number of aliphatic hydroxyl groups excluding tert-OH is 1. The highest BCUT2D eigenvalue weighted by Crippen LogP contribution is 2.42. The van der Waals surface area contributed by atoms with E-state index in [0.717, 1.165) is 71.7 Å². The summed E-state index contributed by atoms with van der Waals surface area (Å²) in [5, 5.41) is 15.1. The van der Waals surface area contributed by atoms with Crippen molar-refractivity contribution in [1.82, 2.24) is 10.3 Å². The molecule has 1 atom stereocenters. The number of nitrogens with one attached hydrogen (secondary N) is 1. The molecule has 0 saturated carbocycles. The molecule has 0 spiro atoms. The van der Waals surface area contributed by atoms with Gasteiger partial charge in [0.05, 0.1) is 0 Å². The van der Waals surface area contributed by atoms with E-state index >= 15 is 0 Å². The van der Waals surface area contributed by atoms with Gasteiger partial charge < -0.3 is 19.6 Å². The maximum atomic E-state index is 13.4. The second-order valence-corrected chi connectivity index (χ2v) is 12.7. The number of carbonyl (C=O) groups is 1. The number of aromatic nitrogens is 1. The van der Waals surface area contributed by atoms with E-state index < -0.39 is 6.29 Å². The van der Waals surface area contributed by atoms with Crippen molar-refractivity contribution in [3.8, 4) is 28.0 Å². The fourth-order valence-electron chi connectivity index (χ4n) is 5.11. The first kappa shape index (κ1) is 32.9. The Morgan fingerprint density at radius 3 is 2.11 bits per heavy atom. The van der Waals surface area contributed by atoms with Gasteiger partial charge in [0.2, 0.25) is 0 Å². The number of para-hydroxylation sites is 2. The molecule has 0 aliphatic heterocycles. The van der Waals surface area contributed by atoms with Gasteiger partial charge in [0.1, 0.15) is 11.3 Å². The van der Waals surface area contributed by atoms with Gasteiger partial charge in [-0.25, -0.2) is 4.98 Å². The van der Waals surface area contributed by atoms with Gasteiger partial charge in [-0.1, -0.05) is 97.0 Å². The van der Waals surface area contributed by atoms with Crippen LogP contribution in [0.15, 0.2) is 94.6 Å². The lowest BCUT2D eigenvalue weighted by Gasteiger charge is -2.20. The molecule has 2 N–H and O–H groups in total. The van der Waals surface area contributed by atoms with Crippen molar-refractivity contribution in [3.63, 3.8) is 0 Å². The van der Waals surface area contributed by atoms with Crippen molar-refractivity contribution in [2.75, 3.05) is 12.3 Å². The van der Waals surface area contributed by atoms with Crippen LogP contribution in [0, 0.1) is 0 Å². The van der Waals surface area contributed by atoms with Crippen LogP contribution in [-0.4, -0.2) is 34.6 Å². The lowest BCUT2D eigenvalue weighted by atomic mass is 9.94. The van der Waals surface area contributed by atoms with Crippen molar-refractivity contribution in [2.45, 2.75) is 57.0 Å². The predicted molar refractivity (Wildman–Crippen MR) is 184 cm³/mol. The van der Waals surface area contributed by atoms with Gasteiger partial charge in [-0.2, -0.15) is 0 Å². The lowest BCUT2D eigenvalue weighted by molar-refractivity contribution is 0.000565. The molecule has 1 unspecified atom stereocenters. The first-order valence-electron chi connectivity index (χ1n) is 15.2. The minimum absolute atomic E-state index is 0.179. The number of hydrogen-bond acceptors (Lipinski definition) is 6. The van der Waals surface area contributed by atoms with Gasteiger partial charge >= 0.3 is 0 Å². The number of halogens is 2. The van der Waals surface area contributed by atoms with Crippen LogP contribution < -0.4 is 10.1 Å². The number of carbonyl (C=O) groups excluding carboxylic acids is 1. The maximum Gasteiger partial charge on any atom is 0.256 e. The molecule has 6 nitrogen and oxygen atoms in total. The Kier molecular flexibility index (Phi) is 11.8. The van der Waals surface area contributed by atoms with Gasteiger partial charge in [-0.05, 0) is 79.4 Å². The quantitative estimate of drug-likeness (QED) is 0.0659. The second-order valence-electron chi connectivity index (χ2n) is 10.8. The van der Waals surface area contributed by atoms with E-state index in [2.05, 4.69) is 10.3 Å². The van der Waals surface area contributed by atoms with Crippen molar-refractivity contribution < 1.29 is 19.1 Å². The van der Waals surface area contributed by atoms with Gasteiger partial charge in [0.15, 0.2) is 11.9 Å².